The molecule has 0 aliphatic carbocycles. The van der Waals surface area contributed by atoms with E-state index in [1.165, 1.54) is 0 Å². The summed E-state index contributed by atoms with van der Waals surface area (Å²) in [7, 11) is 6.50. The molecule has 0 saturated carbocycles. The normalized spacial score (nSPS) is 14.8. The average Bonchev–Trinajstić information content (AvgIpc) is 2.75. The smallest absolute Gasteiger partial charge is 0.144 e. The molecule has 1 aliphatic rings. The second kappa shape index (κ2) is 8.84. The Bertz CT molecular complexity index is 841. The number of aliphatic hydroxyl groups excluding tert-OH is 1. The molecule has 0 bridgehead atoms. The van der Waals surface area contributed by atoms with Crippen molar-refractivity contribution in [3.63, 3.8) is 0 Å². The zero-order chi connectivity index (χ0) is 20.1. The number of hydrogen-bond donors (Lipinski definition) is 2. The molecule has 0 radical (unpaired) electrons. The van der Waals surface area contributed by atoms with E-state index in [1.54, 1.807) is 34.7 Å². The highest BCUT2D eigenvalue weighted by Crippen LogP contribution is 2.39. The number of nitrogens with zero attached hydrogens (tertiary/aromatic N) is 1. The molecule has 0 aromatic heterocycles. The molecule has 0 spiro atoms. The lowest BCUT2D eigenvalue weighted by Crippen LogP contribution is -2.16. The third-order valence-electron chi connectivity index (χ3n) is 4.75. The van der Waals surface area contributed by atoms with E-state index in [1.807, 2.05) is 24.3 Å². The second-order valence-electron chi connectivity index (χ2n) is 6.35. The van der Waals surface area contributed by atoms with Crippen molar-refractivity contribution in [2.45, 2.75) is 19.0 Å². The number of aliphatic hydroxyl groups is 1. The number of fused-ring (bicyclic) bond motifs is 1. The Morgan fingerprint density at radius 2 is 1.61 bits per heavy atom. The fourth-order valence-electron chi connectivity index (χ4n) is 3.31. The summed E-state index contributed by atoms with van der Waals surface area (Å²) in [5.41, 5.74) is 3.59. The van der Waals surface area contributed by atoms with Crippen LogP contribution in [0, 0.1) is 0 Å². The number of nitrogens with one attached hydrogen (secondary N) is 1. The zero-order valence-corrected chi connectivity index (χ0v) is 16.6. The number of methoxy groups -OCH3 is 4. The largest absolute Gasteiger partial charge is 0.497 e. The molecular weight excluding hydrogens is 360 g/mol. The quantitative estimate of drug-likeness (QED) is 0.725. The summed E-state index contributed by atoms with van der Waals surface area (Å²) in [5.74, 6) is 2.83. The van der Waals surface area contributed by atoms with Crippen LogP contribution in [0.4, 0.5) is 5.69 Å². The highest BCUT2D eigenvalue weighted by molar-refractivity contribution is 5.94. The van der Waals surface area contributed by atoms with Crippen molar-refractivity contribution in [2.24, 2.45) is 4.99 Å². The van der Waals surface area contributed by atoms with Crippen LogP contribution in [-0.2, 0) is 6.42 Å². The number of rotatable bonds is 8. The predicted molar refractivity (Wildman–Crippen MR) is 108 cm³/mol. The molecule has 3 rings (SSSR count). The van der Waals surface area contributed by atoms with E-state index < -0.39 is 0 Å². The third kappa shape index (κ3) is 3.84. The van der Waals surface area contributed by atoms with E-state index >= 15 is 0 Å². The van der Waals surface area contributed by atoms with Crippen molar-refractivity contribution in [2.75, 3.05) is 40.4 Å². The van der Waals surface area contributed by atoms with Gasteiger partial charge in [0.05, 0.1) is 39.7 Å². The van der Waals surface area contributed by atoms with Crippen molar-refractivity contribution in [1.82, 2.24) is 0 Å². The maximum atomic E-state index is 9.16. The van der Waals surface area contributed by atoms with Gasteiger partial charge in [0.2, 0.25) is 0 Å². The van der Waals surface area contributed by atoms with E-state index in [4.69, 9.17) is 24.1 Å². The van der Waals surface area contributed by atoms with Crippen LogP contribution < -0.4 is 24.3 Å². The first kappa shape index (κ1) is 19.8. The minimum Gasteiger partial charge on any atom is -0.497 e. The van der Waals surface area contributed by atoms with Crippen molar-refractivity contribution in [3.8, 4) is 23.0 Å². The molecule has 1 unspecified atom stereocenters. The van der Waals surface area contributed by atoms with Crippen LogP contribution in [0.5, 0.6) is 23.0 Å². The van der Waals surface area contributed by atoms with Crippen LogP contribution in [0.2, 0.25) is 0 Å². The van der Waals surface area contributed by atoms with Crippen LogP contribution in [0.3, 0.4) is 0 Å². The molecule has 2 aromatic rings. The van der Waals surface area contributed by atoms with Crippen LogP contribution >= 0.6 is 0 Å². The molecule has 1 heterocycles. The van der Waals surface area contributed by atoms with Gasteiger partial charge in [-0.05, 0) is 25.0 Å². The Labute approximate surface area is 164 Å². The van der Waals surface area contributed by atoms with E-state index in [-0.39, 0.29) is 12.8 Å². The molecule has 0 fully saturated rings. The summed E-state index contributed by atoms with van der Waals surface area (Å²) in [4.78, 5) is 4.64. The van der Waals surface area contributed by atoms with Crippen LogP contribution in [-0.4, -0.2) is 46.4 Å². The lowest BCUT2D eigenvalue weighted by molar-refractivity contribution is 0.286. The number of aliphatic imine (C=N–C) groups is 1. The molecule has 7 nitrogen and oxygen atoms in total. The SMILES string of the molecule is COc1cc2c(c(OC)c1)C=NC(c1cc(OC)c(CCCO)c(OC)c1)N2. The van der Waals surface area contributed by atoms with Gasteiger partial charge in [0.25, 0.3) is 0 Å². The number of anilines is 1. The summed E-state index contributed by atoms with van der Waals surface area (Å²) in [6, 6.07) is 7.65. The summed E-state index contributed by atoms with van der Waals surface area (Å²) in [6.45, 7) is 0.114. The molecule has 2 aromatic carbocycles. The predicted octanol–water partition coefficient (Wildman–Crippen LogP) is 3.19. The Kier molecular flexibility index (Phi) is 6.26. The number of benzene rings is 2. The topological polar surface area (TPSA) is 81.5 Å². The first-order chi connectivity index (χ1) is 13.6. The Hall–Kier alpha value is -2.93. The molecule has 150 valence electrons. The lowest BCUT2D eigenvalue weighted by Gasteiger charge is -2.25. The summed E-state index contributed by atoms with van der Waals surface area (Å²) < 4.78 is 22.0. The first-order valence-corrected chi connectivity index (χ1v) is 9.06. The fourth-order valence-corrected chi connectivity index (χ4v) is 3.31. The van der Waals surface area contributed by atoms with E-state index in [0.29, 0.717) is 35.8 Å². The standard InChI is InChI=1S/C21H26N2O5/c1-25-14-10-17-16(20(11-14)28-4)12-22-21(23-17)13-8-18(26-2)15(6-5-7-24)19(9-13)27-3/h8-12,21,23-24H,5-7H2,1-4H3. The van der Waals surface area contributed by atoms with Gasteiger partial charge in [0.15, 0.2) is 0 Å². The Morgan fingerprint density at radius 1 is 0.929 bits per heavy atom. The third-order valence-corrected chi connectivity index (χ3v) is 4.75. The van der Waals surface area contributed by atoms with E-state index in [9.17, 15) is 0 Å². The Balaban J connectivity index is 1.98. The van der Waals surface area contributed by atoms with Gasteiger partial charge in [0, 0.05) is 36.1 Å². The lowest BCUT2D eigenvalue weighted by atomic mass is 10.0. The summed E-state index contributed by atoms with van der Waals surface area (Å²) >= 11 is 0. The molecule has 0 saturated heterocycles. The molecule has 1 aliphatic heterocycles. The first-order valence-electron chi connectivity index (χ1n) is 9.06. The van der Waals surface area contributed by atoms with Gasteiger partial charge in [-0.15, -0.1) is 0 Å². The van der Waals surface area contributed by atoms with E-state index in [0.717, 1.165) is 22.4 Å². The van der Waals surface area contributed by atoms with Crippen LogP contribution in [0.15, 0.2) is 29.3 Å². The van der Waals surface area contributed by atoms with Gasteiger partial charge >= 0.3 is 0 Å². The minimum absolute atomic E-state index is 0.114. The van der Waals surface area contributed by atoms with Gasteiger partial charge in [-0.25, -0.2) is 0 Å². The zero-order valence-electron chi connectivity index (χ0n) is 16.6. The van der Waals surface area contributed by atoms with Crippen LogP contribution in [0.1, 0.15) is 29.3 Å². The van der Waals surface area contributed by atoms with E-state index in [2.05, 4.69) is 10.3 Å². The van der Waals surface area contributed by atoms with Gasteiger partial charge < -0.3 is 29.4 Å². The monoisotopic (exact) mass is 386 g/mol. The molecule has 0 amide bonds. The van der Waals surface area contributed by atoms with Gasteiger partial charge in [-0.3, -0.25) is 4.99 Å². The second-order valence-corrected chi connectivity index (χ2v) is 6.35. The average molecular weight is 386 g/mol. The highest BCUT2D eigenvalue weighted by atomic mass is 16.5. The van der Waals surface area contributed by atoms with Gasteiger partial charge in [-0.1, -0.05) is 0 Å². The molecule has 7 heteroatoms. The highest BCUT2D eigenvalue weighted by Gasteiger charge is 2.22. The fraction of sp³-hybridized carbons (Fsp3) is 0.381. The number of ether oxygens (including phenoxy) is 4. The Morgan fingerprint density at radius 3 is 2.18 bits per heavy atom. The minimum atomic E-state index is -0.306. The van der Waals surface area contributed by atoms with Gasteiger partial charge in [0.1, 0.15) is 29.2 Å². The molecule has 1 atom stereocenters. The van der Waals surface area contributed by atoms with Gasteiger partial charge in [-0.2, -0.15) is 0 Å². The summed E-state index contributed by atoms with van der Waals surface area (Å²) in [6.07, 6.45) is 2.80. The molecule has 28 heavy (non-hydrogen) atoms. The van der Waals surface area contributed by atoms with Crippen molar-refractivity contribution >= 4 is 11.9 Å². The summed E-state index contributed by atoms with van der Waals surface area (Å²) in [5, 5.41) is 12.6. The van der Waals surface area contributed by atoms with Crippen molar-refractivity contribution in [3.05, 3.63) is 41.0 Å². The molecule has 2 N–H and O–H groups in total. The van der Waals surface area contributed by atoms with Crippen molar-refractivity contribution in [1.29, 1.82) is 0 Å². The van der Waals surface area contributed by atoms with Crippen molar-refractivity contribution < 1.29 is 24.1 Å². The molecular formula is C21H26N2O5. The number of hydrogen-bond acceptors (Lipinski definition) is 7. The maximum absolute atomic E-state index is 9.16. The maximum Gasteiger partial charge on any atom is 0.144 e. The van der Waals surface area contributed by atoms with Crippen LogP contribution in [0.25, 0.3) is 0 Å².